The van der Waals surface area contributed by atoms with Crippen molar-refractivity contribution in [1.29, 1.82) is 0 Å². The molecular formula is C19H23ClN4O. The number of hydrogen-bond acceptors (Lipinski definition) is 4. The summed E-state index contributed by atoms with van der Waals surface area (Å²) in [4.78, 5) is 26.0. The maximum atomic E-state index is 12.6. The van der Waals surface area contributed by atoms with Crippen LogP contribution in [-0.2, 0) is 6.54 Å². The SMILES string of the molecule is Cc1nc(C)c(CN2CCN(C(=O)c3ccc(Cl)cc3)CC2)nc1C. The first-order valence-corrected chi connectivity index (χ1v) is 8.90. The molecule has 0 N–H and O–H groups in total. The van der Waals surface area contributed by atoms with Gasteiger partial charge in [-0.05, 0) is 45.0 Å². The standard InChI is InChI=1S/C19H23ClN4O/c1-13-14(2)22-18(15(3)21-13)12-23-8-10-24(11-9-23)19(25)16-4-6-17(20)7-5-16/h4-7H,8-12H2,1-3H3. The molecule has 25 heavy (non-hydrogen) atoms. The van der Waals surface area contributed by atoms with Crippen molar-refractivity contribution in [2.75, 3.05) is 26.2 Å². The molecule has 1 saturated heterocycles. The van der Waals surface area contributed by atoms with E-state index in [4.69, 9.17) is 11.6 Å². The second kappa shape index (κ2) is 7.50. The minimum Gasteiger partial charge on any atom is -0.336 e. The fraction of sp³-hybridized carbons (Fsp3) is 0.421. The zero-order valence-corrected chi connectivity index (χ0v) is 15.7. The van der Waals surface area contributed by atoms with Crippen molar-refractivity contribution in [1.82, 2.24) is 19.8 Å². The number of halogens is 1. The van der Waals surface area contributed by atoms with E-state index in [1.807, 2.05) is 25.7 Å². The van der Waals surface area contributed by atoms with Gasteiger partial charge in [0, 0.05) is 43.3 Å². The summed E-state index contributed by atoms with van der Waals surface area (Å²) in [7, 11) is 0. The largest absolute Gasteiger partial charge is 0.336 e. The summed E-state index contributed by atoms with van der Waals surface area (Å²) in [6, 6.07) is 7.08. The molecule has 1 fully saturated rings. The lowest BCUT2D eigenvalue weighted by molar-refractivity contribution is 0.0626. The quantitative estimate of drug-likeness (QED) is 0.846. The zero-order valence-electron chi connectivity index (χ0n) is 14.9. The lowest BCUT2D eigenvalue weighted by Crippen LogP contribution is -2.48. The summed E-state index contributed by atoms with van der Waals surface area (Å²) in [5, 5.41) is 0.645. The van der Waals surface area contributed by atoms with Gasteiger partial charge >= 0.3 is 0 Å². The highest BCUT2D eigenvalue weighted by Crippen LogP contribution is 2.15. The van der Waals surface area contributed by atoms with E-state index in [-0.39, 0.29) is 5.91 Å². The molecule has 0 saturated carbocycles. The van der Waals surface area contributed by atoms with Gasteiger partial charge in [-0.2, -0.15) is 0 Å². The number of benzene rings is 1. The molecule has 0 unspecified atom stereocenters. The molecule has 0 aliphatic carbocycles. The van der Waals surface area contributed by atoms with Crippen LogP contribution in [-0.4, -0.2) is 51.9 Å². The minimum absolute atomic E-state index is 0.0680. The minimum atomic E-state index is 0.0680. The van der Waals surface area contributed by atoms with E-state index in [9.17, 15) is 4.79 Å². The Bertz CT molecular complexity index is 768. The van der Waals surface area contributed by atoms with Crippen molar-refractivity contribution < 1.29 is 4.79 Å². The number of rotatable bonds is 3. The first-order valence-electron chi connectivity index (χ1n) is 8.52. The number of hydrogen-bond donors (Lipinski definition) is 0. The van der Waals surface area contributed by atoms with Crippen LogP contribution >= 0.6 is 11.6 Å². The molecule has 0 bridgehead atoms. The summed E-state index contributed by atoms with van der Waals surface area (Å²) >= 11 is 5.89. The van der Waals surface area contributed by atoms with Crippen molar-refractivity contribution >= 4 is 17.5 Å². The van der Waals surface area contributed by atoms with Crippen molar-refractivity contribution in [3.05, 3.63) is 57.6 Å². The summed E-state index contributed by atoms with van der Waals surface area (Å²) < 4.78 is 0. The van der Waals surface area contributed by atoms with Gasteiger partial charge in [-0.25, -0.2) is 0 Å². The van der Waals surface area contributed by atoms with Gasteiger partial charge in [-0.3, -0.25) is 19.7 Å². The highest BCUT2D eigenvalue weighted by atomic mass is 35.5. The molecule has 0 radical (unpaired) electrons. The normalized spacial score (nSPS) is 15.4. The molecule has 1 aliphatic rings. The second-order valence-electron chi connectivity index (χ2n) is 6.50. The van der Waals surface area contributed by atoms with Crippen LogP contribution in [0.5, 0.6) is 0 Å². The van der Waals surface area contributed by atoms with Gasteiger partial charge in [-0.15, -0.1) is 0 Å². The van der Waals surface area contributed by atoms with Crippen LogP contribution < -0.4 is 0 Å². The van der Waals surface area contributed by atoms with E-state index in [2.05, 4.69) is 14.9 Å². The highest BCUT2D eigenvalue weighted by Gasteiger charge is 2.23. The fourth-order valence-electron chi connectivity index (χ4n) is 3.01. The van der Waals surface area contributed by atoms with Crippen molar-refractivity contribution in [2.45, 2.75) is 27.3 Å². The Morgan fingerprint density at radius 2 is 1.56 bits per heavy atom. The highest BCUT2D eigenvalue weighted by molar-refractivity contribution is 6.30. The van der Waals surface area contributed by atoms with Crippen LogP contribution in [0.4, 0.5) is 0 Å². The lowest BCUT2D eigenvalue weighted by Gasteiger charge is -2.34. The summed E-state index contributed by atoms with van der Waals surface area (Å²) in [6.45, 7) is 9.89. The van der Waals surface area contributed by atoms with Crippen LogP contribution in [0.2, 0.25) is 5.02 Å². The second-order valence-corrected chi connectivity index (χ2v) is 6.94. The number of carbonyl (C=O) groups excluding carboxylic acids is 1. The number of piperazine rings is 1. The molecular weight excluding hydrogens is 336 g/mol. The average Bonchev–Trinajstić information content (AvgIpc) is 2.60. The van der Waals surface area contributed by atoms with E-state index >= 15 is 0 Å². The first kappa shape index (κ1) is 17.8. The summed E-state index contributed by atoms with van der Waals surface area (Å²) in [5.74, 6) is 0.0680. The fourth-order valence-corrected chi connectivity index (χ4v) is 3.13. The third kappa shape index (κ3) is 4.17. The van der Waals surface area contributed by atoms with Crippen LogP contribution in [0, 0.1) is 20.8 Å². The number of carbonyl (C=O) groups is 1. The van der Waals surface area contributed by atoms with Crippen LogP contribution in [0.1, 0.15) is 33.1 Å². The Morgan fingerprint density at radius 1 is 0.960 bits per heavy atom. The first-order chi connectivity index (χ1) is 11.9. The summed E-state index contributed by atoms with van der Waals surface area (Å²) in [5.41, 5.74) is 4.67. The maximum absolute atomic E-state index is 12.6. The zero-order chi connectivity index (χ0) is 18.0. The van der Waals surface area contributed by atoms with Gasteiger partial charge in [0.05, 0.1) is 22.8 Å². The predicted molar refractivity (Wildman–Crippen MR) is 98.9 cm³/mol. The molecule has 1 amide bonds. The number of aryl methyl sites for hydroxylation is 3. The van der Waals surface area contributed by atoms with Gasteiger partial charge in [0.2, 0.25) is 0 Å². The van der Waals surface area contributed by atoms with Gasteiger partial charge in [0.15, 0.2) is 0 Å². The van der Waals surface area contributed by atoms with E-state index in [0.717, 1.165) is 55.5 Å². The Morgan fingerprint density at radius 3 is 2.20 bits per heavy atom. The lowest BCUT2D eigenvalue weighted by atomic mass is 10.1. The van der Waals surface area contributed by atoms with Crippen molar-refractivity contribution in [3.63, 3.8) is 0 Å². The Kier molecular flexibility index (Phi) is 5.35. The molecule has 6 heteroatoms. The number of aromatic nitrogens is 2. The molecule has 0 spiro atoms. The predicted octanol–water partition coefficient (Wildman–Crippen LogP) is 3.01. The molecule has 5 nitrogen and oxygen atoms in total. The van der Waals surface area contributed by atoms with Gasteiger partial charge < -0.3 is 4.90 Å². The topological polar surface area (TPSA) is 49.3 Å². The third-order valence-electron chi connectivity index (χ3n) is 4.70. The van der Waals surface area contributed by atoms with E-state index in [1.165, 1.54) is 0 Å². The van der Waals surface area contributed by atoms with Crippen molar-refractivity contribution in [3.8, 4) is 0 Å². The molecule has 3 rings (SSSR count). The van der Waals surface area contributed by atoms with Crippen LogP contribution in [0.3, 0.4) is 0 Å². The Hall–Kier alpha value is -1.98. The Balaban J connectivity index is 1.59. The maximum Gasteiger partial charge on any atom is 0.253 e. The molecule has 132 valence electrons. The molecule has 0 atom stereocenters. The Labute approximate surface area is 153 Å². The molecule has 2 aromatic rings. The summed E-state index contributed by atoms with van der Waals surface area (Å²) in [6.07, 6.45) is 0. The van der Waals surface area contributed by atoms with Gasteiger partial charge in [-0.1, -0.05) is 11.6 Å². The van der Waals surface area contributed by atoms with Crippen LogP contribution in [0.25, 0.3) is 0 Å². The number of nitrogens with zero attached hydrogens (tertiary/aromatic N) is 4. The van der Waals surface area contributed by atoms with Gasteiger partial charge in [0.1, 0.15) is 0 Å². The van der Waals surface area contributed by atoms with Gasteiger partial charge in [0.25, 0.3) is 5.91 Å². The van der Waals surface area contributed by atoms with E-state index in [1.54, 1.807) is 24.3 Å². The number of amides is 1. The van der Waals surface area contributed by atoms with Crippen LogP contribution in [0.15, 0.2) is 24.3 Å². The van der Waals surface area contributed by atoms with Crippen molar-refractivity contribution in [2.24, 2.45) is 0 Å². The molecule has 1 aliphatic heterocycles. The molecule has 1 aromatic heterocycles. The third-order valence-corrected chi connectivity index (χ3v) is 4.96. The molecule has 2 heterocycles. The monoisotopic (exact) mass is 358 g/mol. The van der Waals surface area contributed by atoms with E-state index in [0.29, 0.717) is 10.6 Å². The molecule has 1 aromatic carbocycles. The average molecular weight is 359 g/mol. The smallest absolute Gasteiger partial charge is 0.253 e. The van der Waals surface area contributed by atoms with E-state index < -0.39 is 0 Å².